The van der Waals surface area contributed by atoms with Crippen molar-refractivity contribution in [2.45, 2.75) is 32.4 Å². The lowest BCUT2D eigenvalue weighted by atomic mass is 9.88. The Bertz CT molecular complexity index is 1400. The van der Waals surface area contributed by atoms with Crippen LogP contribution >= 0.6 is 0 Å². The van der Waals surface area contributed by atoms with Crippen molar-refractivity contribution in [3.05, 3.63) is 126 Å². The van der Waals surface area contributed by atoms with Gasteiger partial charge >= 0.3 is 0 Å². The van der Waals surface area contributed by atoms with Crippen LogP contribution in [-0.2, 0) is 17.9 Å². The van der Waals surface area contributed by atoms with E-state index in [2.05, 4.69) is 76.7 Å². The van der Waals surface area contributed by atoms with Crippen LogP contribution in [0.5, 0.6) is 5.75 Å². The van der Waals surface area contributed by atoms with E-state index in [0.29, 0.717) is 19.6 Å². The van der Waals surface area contributed by atoms with E-state index < -0.39 is 0 Å². The van der Waals surface area contributed by atoms with Crippen LogP contribution in [0.1, 0.15) is 41.7 Å². The predicted molar refractivity (Wildman–Crippen MR) is 142 cm³/mol. The molecule has 0 saturated heterocycles. The van der Waals surface area contributed by atoms with Crippen LogP contribution in [0.15, 0.2) is 108 Å². The third kappa shape index (κ3) is 5.36. The van der Waals surface area contributed by atoms with Crippen LogP contribution in [-0.4, -0.2) is 17.1 Å². The Morgan fingerprint density at radius 3 is 2.47 bits per heavy atom. The number of aromatic nitrogens is 1. The zero-order valence-electron chi connectivity index (χ0n) is 20.4. The summed E-state index contributed by atoms with van der Waals surface area (Å²) < 4.78 is 13.3. The molecule has 0 bridgehead atoms. The van der Waals surface area contributed by atoms with Crippen molar-refractivity contribution in [1.29, 1.82) is 0 Å². The maximum atomic E-state index is 13.1. The maximum Gasteiger partial charge on any atom is 0.221 e. The van der Waals surface area contributed by atoms with Crippen molar-refractivity contribution in [2.24, 2.45) is 0 Å². The molecule has 3 aromatic carbocycles. The first-order valence-corrected chi connectivity index (χ1v) is 12.3. The largest absolute Gasteiger partial charge is 0.494 e. The number of para-hydroxylation sites is 1. The lowest BCUT2D eigenvalue weighted by molar-refractivity contribution is -0.121. The van der Waals surface area contributed by atoms with E-state index in [0.717, 1.165) is 40.1 Å². The number of hydrogen-bond acceptors (Lipinski definition) is 3. The number of furan rings is 1. The second-order valence-electron chi connectivity index (χ2n) is 8.83. The summed E-state index contributed by atoms with van der Waals surface area (Å²) in [6.07, 6.45) is 4.15. The summed E-state index contributed by atoms with van der Waals surface area (Å²) in [6, 6.07) is 30.6. The Morgan fingerprint density at radius 1 is 0.944 bits per heavy atom. The smallest absolute Gasteiger partial charge is 0.221 e. The summed E-state index contributed by atoms with van der Waals surface area (Å²) in [5.41, 5.74) is 4.61. The monoisotopic (exact) mass is 478 g/mol. The number of nitrogens with zero attached hydrogens (tertiary/aromatic N) is 1. The summed E-state index contributed by atoms with van der Waals surface area (Å²) in [7, 11) is 0. The molecule has 5 rings (SSSR count). The number of carbonyl (C=O) groups is 1. The molecule has 5 aromatic rings. The SMILES string of the molecule is CCOc1ccc(C(CC(=O)NCc2ccco2)c2cn(Cc3ccccc3)c3ccccc23)cc1. The quantitative estimate of drug-likeness (QED) is 0.249. The first-order valence-electron chi connectivity index (χ1n) is 12.3. The van der Waals surface area contributed by atoms with Crippen molar-refractivity contribution in [3.63, 3.8) is 0 Å². The fraction of sp³-hybridized carbons (Fsp3) is 0.194. The van der Waals surface area contributed by atoms with Gasteiger partial charge in [-0.25, -0.2) is 0 Å². The van der Waals surface area contributed by atoms with Crippen LogP contribution in [0, 0.1) is 0 Å². The molecule has 0 spiro atoms. The van der Waals surface area contributed by atoms with Gasteiger partial charge in [0.1, 0.15) is 11.5 Å². The lowest BCUT2D eigenvalue weighted by Crippen LogP contribution is -2.24. The molecule has 1 atom stereocenters. The Labute approximate surface area is 211 Å². The molecular formula is C31H30N2O3. The number of carbonyl (C=O) groups excluding carboxylic acids is 1. The Balaban J connectivity index is 1.50. The fourth-order valence-electron chi connectivity index (χ4n) is 4.69. The molecule has 5 nitrogen and oxygen atoms in total. The van der Waals surface area contributed by atoms with Crippen LogP contribution in [0.25, 0.3) is 10.9 Å². The molecule has 1 N–H and O–H groups in total. The molecule has 1 unspecified atom stereocenters. The van der Waals surface area contributed by atoms with Gasteiger partial charge < -0.3 is 19.0 Å². The molecule has 0 aliphatic heterocycles. The van der Waals surface area contributed by atoms with E-state index in [-0.39, 0.29) is 11.8 Å². The first-order chi connectivity index (χ1) is 17.7. The lowest BCUT2D eigenvalue weighted by Gasteiger charge is -2.18. The molecule has 2 aromatic heterocycles. The van der Waals surface area contributed by atoms with Gasteiger partial charge in [-0.1, -0.05) is 60.7 Å². The highest BCUT2D eigenvalue weighted by Gasteiger charge is 2.23. The topological polar surface area (TPSA) is 56.4 Å². The van der Waals surface area contributed by atoms with E-state index in [1.807, 2.05) is 37.3 Å². The summed E-state index contributed by atoms with van der Waals surface area (Å²) >= 11 is 0. The molecule has 36 heavy (non-hydrogen) atoms. The summed E-state index contributed by atoms with van der Waals surface area (Å²) in [6.45, 7) is 3.73. The zero-order chi connectivity index (χ0) is 24.7. The van der Waals surface area contributed by atoms with E-state index >= 15 is 0 Å². The van der Waals surface area contributed by atoms with Gasteiger partial charge in [0.2, 0.25) is 5.91 Å². The summed E-state index contributed by atoms with van der Waals surface area (Å²) in [5.74, 6) is 1.43. The zero-order valence-corrected chi connectivity index (χ0v) is 20.4. The molecule has 0 fully saturated rings. The summed E-state index contributed by atoms with van der Waals surface area (Å²) in [5, 5.41) is 4.18. The van der Waals surface area contributed by atoms with E-state index in [1.54, 1.807) is 6.26 Å². The van der Waals surface area contributed by atoms with Gasteiger partial charge in [-0.05, 0) is 53.9 Å². The minimum Gasteiger partial charge on any atom is -0.494 e. The van der Waals surface area contributed by atoms with Crippen LogP contribution in [0.2, 0.25) is 0 Å². The predicted octanol–water partition coefficient (Wildman–Crippen LogP) is 6.52. The third-order valence-corrected chi connectivity index (χ3v) is 6.41. The van der Waals surface area contributed by atoms with Gasteiger partial charge in [0, 0.05) is 36.0 Å². The number of rotatable bonds is 10. The molecule has 0 aliphatic carbocycles. The molecule has 0 aliphatic rings. The molecule has 0 radical (unpaired) electrons. The van der Waals surface area contributed by atoms with Crippen molar-refractivity contribution >= 4 is 16.8 Å². The normalized spacial score (nSPS) is 11.9. The van der Waals surface area contributed by atoms with Gasteiger partial charge in [-0.15, -0.1) is 0 Å². The van der Waals surface area contributed by atoms with Crippen molar-refractivity contribution in [2.75, 3.05) is 6.61 Å². The van der Waals surface area contributed by atoms with Gasteiger partial charge in [0.25, 0.3) is 0 Å². The van der Waals surface area contributed by atoms with E-state index in [4.69, 9.17) is 9.15 Å². The highest BCUT2D eigenvalue weighted by atomic mass is 16.5. The highest BCUT2D eigenvalue weighted by Crippen LogP contribution is 2.36. The molecule has 182 valence electrons. The van der Waals surface area contributed by atoms with Crippen molar-refractivity contribution < 1.29 is 13.9 Å². The van der Waals surface area contributed by atoms with Gasteiger partial charge in [0.05, 0.1) is 19.4 Å². The molecule has 2 heterocycles. The van der Waals surface area contributed by atoms with Gasteiger partial charge in [0.15, 0.2) is 0 Å². The number of nitrogens with one attached hydrogen (secondary N) is 1. The Hall–Kier alpha value is -4.25. The average molecular weight is 479 g/mol. The minimum absolute atomic E-state index is 0.0230. The second-order valence-corrected chi connectivity index (χ2v) is 8.83. The van der Waals surface area contributed by atoms with Gasteiger partial charge in [-0.2, -0.15) is 0 Å². The minimum atomic E-state index is -0.112. The fourth-order valence-corrected chi connectivity index (χ4v) is 4.69. The van der Waals surface area contributed by atoms with Crippen molar-refractivity contribution in [1.82, 2.24) is 9.88 Å². The Kier molecular flexibility index (Phi) is 7.17. The van der Waals surface area contributed by atoms with Crippen LogP contribution in [0.3, 0.4) is 0 Å². The van der Waals surface area contributed by atoms with Crippen molar-refractivity contribution in [3.8, 4) is 5.75 Å². The number of fused-ring (bicyclic) bond motifs is 1. The number of benzene rings is 3. The number of ether oxygens (including phenoxy) is 1. The van der Waals surface area contributed by atoms with E-state index in [9.17, 15) is 4.79 Å². The number of hydrogen-bond donors (Lipinski definition) is 1. The van der Waals surface area contributed by atoms with Gasteiger partial charge in [-0.3, -0.25) is 4.79 Å². The van der Waals surface area contributed by atoms with E-state index in [1.165, 1.54) is 5.56 Å². The third-order valence-electron chi connectivity index (χ3n) is 6.41. The maximum absolute atomic E-state index is 13.1. The van der Waals surface area contributed by atoms with Crippen LogP contribution in [0.4, 0.5) is 0 Å². The molecular weight excluding hydrogens is 448 g/mol. The highest BCUT2D eigenvalue weighted by molar-refractivity contribution is 5.86. The second kappa shape index (κ2) is 11.0. The number of amides is 1. The molecule has 1 amide bonds. The molecule has 0 saturated carbocycles. The Morgan fingerprint density at radius 2 is 1.72 bits per heavy atom. The standard InChI is InChI=1S/C31H30N2O3/c1-2-35-25-16-14-24(15-17-25)28(19-31(34)32-20-26-11-8-18-36-26)29-22-33(21-23-9-4-3-5-10-23)30-13-7-6-12-27(29)30/h3-18,22,28H,2,19-21H2,1H3,(H,32,34). The molecule has 5 heteroatoms. The first kappa shape index (κ1) is 23.5. The average Bonchev–Trinajstić information content (AvgIpc) is 3.56. The van der Waals surface area contributed by atoms with Crippen LogP contribution < -0.4 is 10.1 Å². The summed E-state index contributed by atoms with van der Waals surface area (Å²) in [4.78, 5) is 13.1.